The molecule has 3 N–H and O–H groups in total. The zero-order valence-electron chi connectivity index (χ0n) is 16.7. The van der Waals surface area contributed by atoms with Crippen molar-refractivity contribution in [3.63, 3.8) is 0 Å². The number of allylic oxidation sites excluding steroid dienone is 5. The van der Waals surface area contributed by atoms with Crippen LogP contribution in [-0.2, 0) is 9.63 Å². The second-order valence-electron chi connectivity index (χ2n) is 8.37. The zero-order valence-corrected chi connectivity index (χ0v) is 16.7. The molecule has 0 amide bonds. The van der Waals surface area contributed by atoms with Crippen LogP contribution >= 0.6 is 0 Å². The van der Waals surface area contributed by atoms with Gasteiger partial charge in [0.05, 0.1) is 11.4 Å². The number of carbonyl (C=O) groups is 1. The largest absolute Gasteiger partial charge is 0.511 e. The fourth-order valence-corrected chi connectivity index (χ4v) is 4.89. The molecule has 0 saturated heterocycles. The second kappa shape index (κ2) is 9.45. The molecule has 3 rings (SSSR count). The zero-order chi connectivity index (χ0) is 19.2. The minimum Gasteiger partial charge on any atom is -0.511 e. The van der Waals surface area contributed by atoms with E-state index >= 15 is 0 Å². The van der Waals surface area contributed by atoms with Gasteiger partial charge in [-0.15, -0.1) is 0 Å². The SMILES string of the molecule is CC1=CC(NOCC=O)=CC(C)C1CC1CCC(O)=C(C2CCCCC2)N1. The van der Waals surface area contributed by atoms with Gasteiger partial charge in [0.25, 0.3) is 0 Å². The lowest BCUT2D eigenvalue weighted by Gasteiger charge is -2.37. The molecular formula is C22H34N2O3. The Bertz CT molecular complexity index is 617. The Hall–Kier alpha value is -1.75. The summed E-state index contributed by atoms with van der Waals surface area (Å²) in [6.07, 6.45) is 14.2. The normalized spacial score (nSPS) is 29.6. The first-order valence-corrected chi connectivity index (χ1v) is 10.5. The smallest absolute Gasteiger partial charge is 0.148 e. The molecule has 2 aliphatic carbocycles. The van der Waals surface area contributed by atoms with Gasteiger partial charge in [-0.1, -0.05) is 37.8 Å². The number of hydrogen-bond donors (Lipinski definition) is 3. The molecule has 5 nitrogen and oxygen atoms in total. The van der Waals surface area contributed by atoms with Crippen LogP contribution in [0.1, 0.15) is 65.2 Å². The highest BCUT2D eigenvalue weighted by Gasteiger charge is 2.31. The van der Waals surface area contributed by atoms with Gasteiger partial charge in [0.2, 0.25) is 0 Å². The summed E-state index contributed by atoms with van der Waals surface area (Å²) in [4.78, 5) is 15.5. The number of aldehydes is 1. The Morgan fingerprint density at radius 2 is 2.07 bits per heavy atom. The lowest BCUT2D eigenvalue weighted by atomic mass is 9.77. The van der Waals surface area contributed by atoms with Crippen molar-refractivity contribution >= 4 is 6.29 Å². The van der Waals surface area contributed by atoms with Crippen molar-refractivity contribution in [2.24, 2.45) is 17.8 Å². The van der Waals surface area contributed by atoms with Gasteiger partial charge in [0.15, 0.2) is 0 Å². The Labute approximate surface area is 162 Å². The third-order valence-electron chi connectivity index (χ3n) is 6.34. The molecule has 0 bridgehead atoms. The van der Waals surface area contributed by atoms with Gasteiger partial charge in [-0.25, -0.2) is 0 Å². The van der Waals surface area contributed by atoms with Gasteiger partial charge in [-0.2, -0.15) is 0 Å². The number of aliphatic hydroxyl groups excluding tert-OH is 1. The lowest BCUT2D eigenvalue weighted by Crippen LogP contribution is -2.39. The average molecular weight is 375 g/mol. The quantitative estimate of drug-likeness (QED) is 0.352. The van der Waals surface area contributed by atoms with E-state index in [1.165, 1.54) is 37.7 Å². The van der Waals surface area contributed by atoms with Gasteiger partial charge in [0.1, 0.15) is 18.7 Å². The van der Waals surface area contributed by atoms with E-state index < -0.39 is 0 Å². The maximum Gasteiger partial charge on any atom is 0.148 e. The number of nitrogens with one attached hydrogen (secondary N) is 2. The van der Waals surface area contributed by atoms with Crippen LogP contribution in [0.15, 0.2) is 34.9 Å². The van der Waals surface area contributed by atoms with E-state index in [1.54, 1.807) is 0 Å². The van der Waals surface area contributed by atoms with E-state index in [-0.39, 0.29) is 6.61 Å². The molecule has 1 heterocycles. The summed E-state index contributed by atoms with van der Waals surface area (Å²) in [7, 11) is 0. The van der Waals surface area contributed by atoms with Crippen LogP contribution in [0.4, 0.5) is 0 Å². The fourth-order valence-electron chi connectivity index (χ4n) is 4.89. The molecule has 3 aliphatic rings. The molecule has 0 aromatic rings. The summed E-state index contributed by atoms with van der Waals surface area (Å²) in [6, 6.07) is 0.419. The van der Waals surface area contributed by atoms with Gasteiger partial charge in [0, 0.05) is 18.4 Å². The molecular weight excluding hydrogens is 340 g/mol. The molecule has 3 unspecified atom stereocenters. The molecule has 0 aromatic heterocycles. The van der Waals surface area contributed by atoms with Crippen molar-refractivity contribution in [3.8, 4) is 0 Å². The number of carbonyl (C=O) groups excluding carboxylic acids is 1. The van der Waals surface area contributed by atoms with Gasteiger partial charge < -0.3 is 15.2 Å². The van der Waals surface area contributed by atoms with E-state index in [2.05, 4.69) is 36.8 Å². The topological polar surface area (TPSA) is 70.6 Å². The number of rotatable bonds is 7. The van der Waals surface area contributed by atoms with Crippen molar-refractivity contribution in [2.45, 2.75) is 71.3 Å². The van der Waals surface area contributed by atoms with Crippen molar-refractivity contribution in [3.05, 3.63) is 34.9 Å². The van der Waals surface area contributed by atoms with Crippen molar-refractivity contribution in [1.29, 1.82) is 0 Å². The summed E-state index contributed by atoms with van der Waals surface area (Å²) in [5, 5.41) is 14.2. The molecule has 5 heteroatoms. The third-order valence-corrected chi connectivity index (χ3v) is 6.34. The highest BCUT2D eigenvalue weighted by molar-refractivity contribution is 5.50. The van der Waals surface area contributed by atoms with Crippen molar-refractivity contribution < 1.29 is 14.7 Å². The fraction of sp³-hybridized carbons (Fsp3) is 0.682. The number of hydrogen-bond acceptors (Lipinski definition) is 5. The first-order valence-electron chi connectivity index (χ1n) is 10.5. The Morgan fingerprint density at radius 1 is 1.30 bits per heavy atom. The van der Waals surface area contributed by atoms with Crippen molar-refractivity contribution in [2.75, 3.05) is 6.61 Å². The number of aliphatic hydroxyl groups is 1. The predicted molar refractivity (Wildman–Crippen MR) is 107 cm³/mol. The summed E-state index contributed by atoms with van der Waals surface area (Å²) < 4.78 is 0. The maximum absolute atomic E-state index is 10.4. The van der Waals surface area contributed by atoms with E-state index in [4.69, 9.17) is 4.84 Å². The predicted octanol–water partition coefficient (Wildman–Crippen LogP) is 4.29. The van der Waals surface area contributed by atoms with E-state index in [0.29, 0.717) is 29.6 Å². The van der Waals surface area contributed by atoms with Gasteiger partial charge in [-0.3, -0.25) is 10.3 Å². The molecule has 1 aliphatic heterocycles. The minimum atomic E-state index is 0.0494. The summed E-state index contributed by atoms with van der Waals surface area (Å²) in [6.45, 7) is 4.46. The molecule has 0 spiro atoms. The Kier molecular flexibility index (Phi) is 7.00. The average Bonchev–Trinajstić information content (AvgIpc) is 2.67. The highest BCUT2D eigenvalue weighted by atomic mass is 16.6. The Morgan fingerprint density at radius 3 is 2.78 bits per heavy atom. The first-order chi connectivity index (χ1) is 13.1. The van der Waals surface area contributed by atoms with E-state index in [9.17, 15) is 9.90 Å². The summed E-state index contributed by atoms with van der Waals surface area (Å²) >= 11 is 0. The summed E-state index contributed by atoms with van der Waals surface area (Å²) in [5.74, 6) is 2.00. The van der Waals surface area contributed by atoms with Crippen LogP contribution in [0.25, 0.3) is 0 Å². The number of hydroxylamine groups is 1. The standard InChI is InChI=1S/C22H34N2O3/c1-15-12-19(24-27-11-10-25)13-16(2)20(15)14-18-8-9-21(26)22(23-18)17-6-4-3-5-7-17/h10,12-13,15,17-18,20,23-24,26H,3-9,11,14H2,1-2H3. The molecule has 27 heavy (non-hydrogen) atoms. The van der Waals surface area contributed by atoms with Crippen LogP contribution in [0, 0.1) is 17.8 Å². The molecule has 0 aromatic carbocycles. The molecule has 1 fully saturated rings. The van der Waals surface area contributed by atoms with Crippen LogP contribution < -0.4 is 10.8 Å². The maximum atomic E-state index is 10.4. The van der Waals surface area contributed by atoms with E-state index in [1.807, 2.05) is 0 Å². The molecule has 1 saturated carbocycles. The Balaban J connectivity index is 1.59. The van der Waals surface area contributed by atoms with Gasteiger partial charge in [-0.05, 0) is 50.5 Å². The second-order valence-corrected chi connectivity index (χ2v) is 8.37. The third kappa shape index (κ3) is 5.16. The minimum absolute atomic E-state index is 0.0494. The van der Waals surface area contributed by atoms with Crippen LogP contribution in [0.3, 0.4) is 0 Å². The van der Waals surface area contributed by atoms with Crippen molar-refractivity contribution in [1.82, 2.24) is 10.8 Å². The first kappa shape index (κ1) is 20.0. The molecule has 3 atom stereocenters. The van der Waals surface area contributed by atoms with Crippen LogP contribution in [-0.4, -0.2) is 24.0 Å². The molecule has 0 radical (unpaired) electrons. The summed E-state index contributed by atoms with van der Waals surface area (Å²) in [5.41, 5.74) is 6.26. The lowest BCUT2D eigenvalue weighted by molar-refractivity contribution is -0.113. The van der Waals surface area contributed by atoms with Crippen LogP contribution in [0.2, 0.25) is 0 Å². The molecule has 150 valence electrons. The van der Waals surface area contributed by atoms with E-state index in [0.717, 1.165) is 36.9 Å². The van der Waals surface area contributed by atoms with Gasteiger partial charge >= 0.3 is 0 Å². The van der Waals surface area contributed by atoms with Crippen LogP contribution in [0.5, 0.6) is 0 Å². The highest BCUT2D eigenvalue weighted by Crippen LogP contribution is 2.37. The monoisotopic (exact) mass is 374 g/mol.